The van der Waals surface area contributed by atoms with Gasteiger partial charge in [-0.2, -0.15) is 0 Å². The zero-order valence-electron chi connectivity index (χ0n) is 15.0. The molecule has 0 unspecified atom stereocenters. The number of hydrogen-bond donors (Lipinski definition) is 0. The van der Waals surface area contributed by atoms with Crippen LogP contribution in [0, 0.1) is 0 Å². The molecular formula is C21H23N3Si. The Morgan fingerprint density at radius 2 is 1.36 bits per heavy atom. The first-order valence-corrected chi connectivity index (χ1v) is 12.2. The summed E-state index contributed by atoms with van der Waals surface area (Å²) < 4.78 is 0. The van der Waals surface area contributed by atoms with Crippen molar-refractivity contribution in [3.8, 4) is 0 Å². The van der Waals surface area contributed by atoms with Gasteiger partial charge in [-0.1, -0.05) is 56.0 Å². The third kappa shape index (κ3) is 2.94. The molecule has 3 nitrogen and oxygen atoms in total. The fourth-order valence-electron chi connectivity index (χ4n) is 3.19. The first-order chi connectivity index (χ1) is 12.0. The summed E-state index contributed by atoms with van der Waals surface area (Å²) in [5.41, 5.74) is 3.59. The summed E-state index contributed by atoms with van der Waals surface area (Å²) in [6, 6.07) is 23.4. The van der Waals surface area contributed by atoms with Gasteiger partial charge in [0.2, 0.25) is 0 Å². The van der Waals surface area contributed by atoms with Crippen molar-refractivity contribution in [1.29, 1.82) is 0 Å². The van der Waals surface area contributed by atoms with Gasteiger partial charge in [-0.25, -0.2) is 4.98 Å². The number of hydrogen-bond acceptors (Lipinski definition) is 3. The smallest absolute Gasteiger partial charge is 0.158 e. The maximum atomic E-state index is 4.88. The van der Waals surface area contributed by atoms with E-state index in [1.807, 2.05) is 0 Å². The lowest BCUT2D eigenvalue weighted by atomic mass is 10.2. The van der Waals surface area contributed by atoms with Gasteiger partial charge in [0.15, 0.2) is 5.82 Å². The zero-order chi connectivity index (χ0) is 17.4. The molecule has 0 bridgehead atoms. The van der Waals surface area contributed by atoms with E-state index in [9.17, 15) is 0 Å². The largest absolute Gasteiger partial charge is 0.320 e. The van der Waals surface area contributed by atoms with Crippen LogP contribution in [0.15, 0.2) is 72.9 Å². The topological polar surface area (TPSA) is 19.4 Å². The minimum atomic E-state index is -1.42. The van der Waals surface area contributed by atoms with Crippen LogP contribution in [0.1, 0.15) is 0 Å². The molecule has 0 aliphatic carbocycles. The molecule has 0 spiro atoms. The average Bonchev–Trinajstić information content (AvgIpc) is 3.01. The van der Waals surface area contributed by atoms with Crippen molar-refractivity contribution in [2.45, 2.75) is 19.6 Å². The van der Waals surface area contributed by atoms with Crippen molar-refractivity contribution >= 4 is 36.1 Å². The molecule has 1 aromatic heterocycles. The van der Waals surface area contributed by atoms with Gasteiger partial charge in [0.1, 0.15) is 6.67 Å². The predicted octanol–water partition coefficient (Wildman–Crippen LogP) is 4.87. The van der Waals surface area contributed by atoms with E-state index >= 15 is 0 Å². The Bertz CT molecular complexity index is 873. The Morgan fingerprint density at radius 1 is 0.800 bits per heavy atom. The van der Waals surface area contributed by atoms with Crippen molar-refractivity contribution in [1.82, 2.24) is 4.98 Å². The van der Waals surface area contributed by atoms with Crippen molar-refractivity contribution < 1.29 is 0 Å². The van der Waals surface area contributed by atoms with Crippen LogP contribution in [0.5, 0.6) is 0 Å². The number of fused-ring (bicyclic) bond motifs is 1. The molecule has 0 saturated carbocycles. The summed E-state index contributed by atoms with van der Waals surface area (Å²) >= 11 is 0. The van der Waals surface area contributed by atoms with Gasteiger partial charge in [0.25, 0.3) is 0 Å². The first-order valence-electron chi connectivity index (χ1n) is 8.70. The van der Waals surface area contributed by atoms with Crippen molar-refractivity contribution in [3.63, 3.8) is 0 Å². The lowest BCUT2D eigenvalue weighted by molar-refractivity contribution is 0.981. The lowest BCUT2D eigenvalue weighted by Gasteiger charge is -2.21. The number of pyridine rings is 1. The van der Waals surface area contributed by atoms with E-state index in [1.54, 1.807) is 0 Å². The highest BCUT2D eigenvalue weighted by Crippen LogP contribution is 2.42. The van der Waals surface area contributed by atoms with Crippen LogP contribution in [0.3, 0.4) is 0 Å². The Kier molecular flexibility index (Phi) is 3.85. The van der Waals surface area contributed by atoms with Gasteiger partial charge in [0.05, 0.1) is 13.8 Å². The molecule has 0 saturated heterocycles. The van der Waals surface area contributed by atoms with Gasteiger partial charge in [-0.05, 0) is 35.5 Å². The normalized spacial score (nSPS) is 13.9. The van der Waals surface area contributed by atoms with Crippen LogP contribution in [-0.2, 0) is 0 Å². The van der Waals surface area contributed by atoms with Crippen LogP contribution < -0.4 is 15.0 Å². The van der Waals surface area contributed by atoms with E-state index in [-0.39, 0.29) is 0 Å². The minimum absolute atomic E-state index is 0.783. The molecule has 4 rings (SSSR count). The van der Waals surface area contributed by atoms with Gasteiger partial charge in [-0.15, -0.1) is 0 Å². The summed E-state index contributed by atoms with van der Waals surface area (Å²) in [5.74, 6) is 1.04. The maximum absolute atomic E-state index is 4.88. The number of aromatic nitrogens is 1. The van der Waals surface area contributed by atoms with E-state index in [0.29, 0.717) is 0 Å². The fourth-order valence-corrected chi connectivity index (χ4v) is 4.21. The first kappa shape index (κ1) is 15.9. The molecule has 25 heavy (non-hydrogen) atoms. The second kappa shape index (κ2) is 6.04. The van der Waals surface area contributed by atoms with Crippen LogP contribution >= 0.6 is 0 Å². The minimum Gasteiger partial charge on any atom is -0.320 e. The fraction of sp³-hybridized carbons (Fsp3) is 0.190. The molecule has 2 heterocycles. The molecule has 0 amide bonds. The molecule has 0 radical (unpaired) electrons. The summed E-state index contributed by atoms with van der Waals surface area (Å²) in [6.45, 7) is 7.89. The number of rotatable bonds is 3. The molecule has 1 aliphatic heterocycles. The van der Waals surface area contributed by atoms with Gasteiger partial charge < -0.3 is 9.80 Å². The van der Waals surface area contributed by atoms with Crippen LogP contribution in [0.25, 0.3) is 0 Å². The van der Waals surface area contributed by atoms with Gasteiger partial charge in [0, 0.05) is 17.6 Å². The molecular weight excluding hydrogens is 322 g/mol. The van der Waals surface area contributed by atoms with Gasteiger partial charge >= 0.3 is 0 Å². The van der Waals surface area contributed by atoms with Crippen LogP contribution in [-0.4, -0.2) is 19.7 Å². The average molecular weight is 346 g/mol. The number of nitrogens with zero attached hydrogens (tertiary/aromatic N) is 3. The predicted molar refractivity (Wildman–Crippen MR) is 109 cm³/mol. The van der Waals surface area contributed by atoms with E-state index in [1.165, 1.54) is 22.2 Å². The number of benzene rings is 2. The van der Waals surface area contributed by atoms with E-state index in [0.717, 1.165) is 12.5 Å². The van der Waals surface area contributed by atoms with E-state index in [2.05, 4.69) is 102 Å². The quantitative estimate of drug-likeness (QED) is 0.631. The SMILES string of the molecule is C[Si](C)(C)c1cnc2c(c1)N(c1ccccc1)CN2c1ccccc1. The van der Waals surface area contributed by atoms with E-state index in [4.69, 9.17) is 4.98 Å². The Hall–Kier alpha value is -2.59. The second-order valence-electron chi connectivity index (χ2n) is 7.49. The van der Waals surface area contributed by atoms with Crippen LogP contribution in [0.4, 0.5) is 22.9 Å². The Morgan fingerprint density at radius 3 is 1.92 bits per heavy atom. The van der Waals surface area contributed by atoms with Crippen molar-refractivity contribution in [2.24, 2.45) is 0 Å². The summed E-state index contributed by atoms with van der Waals surface area (Å²) in [7, 11) is -1.42. The highest BCUT2D eigenvalue weighted by atomic mass is 28.3. The highest BCUT2D eigenvalue weighted by molar-refractivity contribution is 6.88. The molecule has 0 atom stereocenters. The second-order valence-corrected chi connectivity index (χ2v) is 12.6. The molecule has 1 aliphatic rings. The molecule has 4 heteroatoms. The summed E-state index contributed by atoms with van der Waals surface area (Å²) in [6.07, 6.45) is 2.08. The van der Waals surface area contributed by atoms with Crippen molar-refractivity contribution in [2.75, 3.05) is 16.5 Å². The molecule has 126 valence electrons. The van der Waals surface area contributed by atoms with Crippen LogP contribution in [0.2, 0.25) is 19.6 Å². The van der Waals surface area contributed by atoms with E-state index < -0.39 is 8.07 Å². The third-order valence-electron chi connectivity index (χ3n) is 4.68. The third-order valence-corrected chi connectivity index (χ3v) is 6.68. The van der Waals surface area contributed by atoms with Crippen molar-refractivity contribution in [3.05, 3.63) is 72.9 Å². The molecule has 0 fully saturated rings. The number of para-hydroxylation sites is 2. The Labute approximate surface area is 150 Å². The molecule has 0 N–H and O–H groups in total. The highest BCUT2D eigenvalue weighted by Gasteiger charge is 2.31. The summed E-state index contributed by atoms with van der Waals surface area (Å²) in [4.78, 5) is 9.53. The molecule has 3 aromatic rings. The summed E-state index contributed by atoms with van der Waals surface area (Å²) in [5, 5.41) is 1.39. The lowest BCUT2D eigenvalue weighted by Crippen LogP contribution is -2.38. The standard InChI is InChI=1S/C21H23N3Si/c1-25(2,3)19-14-20-21(22-15-19)24(18-12-8-5-9-13-18)16-23(20)17-10-6-4-7-11-17/h4-15H,16H2,1-3H3. The monoisotopic (exact) mass is 345 g/mol. The van der Waals surface area contributed by atoms with Gasteiger partial charge in [-0.3, -0.25) is 0 Å². The maximum Gasteiger partial charge on any atom is 0.158 e. The molecule has 2 aromatic carbocycles. The number of anilines is 4. The Balaban J connectivity index is 1.85. The zero-order valence-corrected chi connectivity index (χ0v) is 16.0.